The highest BCUT2D eigenvalue weighted by Gasteiger charge is 1.99. The second kappa shape index (κ2) is 3.40. The molecule has 1 rings (SSSR count). The quantitative estimate of drug-likeness (QED) is 0.474. The molecule has 0 radical (unpaired) electrons. The van der Waals surface area contributed by atoms with Crippen LogP contribution in [-0.4, -0.2) is 13.7 Å². The summed E-state index contributed by atoms with van der Waals surface area (Å²) in [7, 11) is 0. The molecule has 0 fully saturated rings. The SMILES string of the molecule is O=S(O)c1cccc(I)n1. The maximum Gasteiger partial charge on any atom is 0.205 e. The number of aromatic nitrogens is 1. The Balaban J connectivity index is 3.07. The summed E-state index contributed by atoms with van der Waals surface area (Å²) in [4.78, 5) is 3.81. The van der Waals surface area contributed by atoms with E-state index < -0.39 is 11.1 Å². The second-order valence-corrected chi connectivity index (χ2v) is 3.57. The molecule has 0 aliphatic heterocycles. The van der Waals surface area contributed by atoms with E-state index in [9.17, 15) is 4.21 Å². The van der Waals surface area contributed by atoms with Crippen molar-refractivity contribution in [3.05, 3.63) is 21.9 Å². The molecule has 0 spiro atoms. The molecule has 5 heteroatoms. The average Bonchev–Trinajstić information content (AvgIpc) is 1.88. The number of rotatable bonds is 1. The van der Waals surface area contributed by atoms with Gasteiger partial charge < -0.3 is 4.55 Å². The van der Waals surface area contributed by atoms with E-state index in [0.29, 0.717) is 0 Å². The first-order chi connectivity index (χ1) is 4.70. The molecule has 0 bridgehead atoms. The summed E-state index contributed by atoms with van der Waals surface area (Å²) < 4.78 is 19.7. The summed E-state index contributed by atoms with van der Waals surface area (Å²) in [6.07, 6.45) is 0. The summed E-state index contributed by atoms with van der Waals surface area (Å²) >= 11 is 0.0270. The summed E-state index contributed by atoms with van der Waals surface area (Å²) in [6.45, 7) is 0. The van der Waals surface area contributed by atoms with Crippen molar-refractivity contribution in [2.24, 2.45) is 0 Å². The van der Waals surface area contributed by atoms with Crippen molar-refractivity contribution in [3.8, 4) is 0 Å². The van der Waals surface area contributed by atoms with Crippen LogP contribution in [-0.2, 0) is 11.1 Å². The van der Waals surface area contributed by atoms with Crippen LogP contribution in [0.1, 0.15) is 0 Å². The molecule has 0 aliphatic rings. The molecule has 1 aromatic heterocycles. The third-order valence-electron chi connectivity index (χ3n) is 0.868. The van der Waals surface area contributed by atoms with Crippen LogP contribution in [0.25, 0.3) is 0 Å². The topological polar surface area (TPSA) is 50.2 Å². The smallest absolute Gasteiger partial charge is 0.205 e. The van der Waals surface area contributed by atoms with E-state index >= 15 is 0 Å². The summed E-state index contributed by atoms with van der Waals surface area (Å²) in [6, 6.07) is 4.97. The molecule has 1 atom stereocenters. The van der Waals surface area contributed by atoms with Gasteiger partial charge in [0.05, 0.1) is 0 Å². The van der Waals surface area contributed by atoms with Gasteiger partial charge in [0.25, 0.3) is 0 Å². The van der Waals surface area contributed by atoms with Gasteiger partial charge in [-0.2, -0.15) is 0 Å². The first-order valence-electron chi connectivity index (χ1n) is 2.43. The highest BCUT2D eigenvalue weighted by molar-refractivity contribution is 14.1. The zero-order valence-electron chi connectivity index (χ0n) is 4.82. The molecular weight excluding hydrogens is 265 g/mol. The third kappa shape index (κ3) is 1.99. The number of nitrogens with zero attached hydrogens (tertiary/aromatic N) is 1. The van der Waals surface area contributed by atoms with Crippen molar-refractivity contribution in [3.63, 3.8) is 0 Å². The van der Waals surface area contributed by atoms with Crippen molar-refractivity contribution in [1.29, 1.82) is 0 Å². The molecule has 10 heavy (non-hydrogen) atoms. The molecule has 1 heterocycles. The number of pyridine rings is 1. The lowest BCUT2D eigenvalue weighted by Gasteiger charge is -1.92. The van der Waals surface area contributed by atoms with Crippen molar-refractivity contribution in [1.82, 2.24) is 4.98 Å². The van der Waals surface area contributed by atoms with Gasteiger partial charge in [0.2, 0.25) is 11.1 Å². The van der Waals surface area contributed by atoms with Gasteiger partial charge in [-0.15, -0.1) is 0 Å². The molecular formula is C5H4INO2S. The van der Waals surface area contributed by atoms with Crippen molar-refractivity contribution >= 4 is 33.7 Å². The molecule has 0 saturated carbocycles. The molecule has 0 saturated heterocycles. The molecule has 1 N–H and O–H groups in total. The van der Waals surface area contributed by atoms with Gasteiger partial charge in [0.15, 0.2) is 5.03 Å². The Morgan fingerprint density at radius 1 is 1.60 bits per heavy atom. The minimum absolute atomic E-state index is 0.201. The van der Waals surface area contributed by atoms with Gasteiger partial charge in [-0.1, -0.05) is 6.07 Å². The Morgan fingerprint density at radius 2 is 2.30 bits per heavy atom. The predicted octanol–water partition coefficient (Wildman–Crippen LogP) is 1.27. The van der Waals surface area contributed by atoms with E-state index in [1.54, 1.807) is 12.1 Å². The Labute approximate surface area is 74.3 Å². The number of hydrogen-bond donors (Lipinski definition) is 1. The van der Waals surface area contributed by atoms with Gasteiger partial charge >= 0.3 is 0 Å². The van der Waals surface area contributed by atoms with E-state index in [0.717, 1.165) is 3.70 Å². The Bertz CT molecular complexity index is 266. The fourth-order valence-corrected chi connectivity index (χ4v) is 1.49. The van der Waals surface area contributed by atoms with E-state index in [4.69, 9.17) is 4.55 Å². The van der Waals surface area contributed by atoms with Crippen LogP contribution >= 0.6 is 22.6 Å². The predicted molar refractivity (Wildman–Crippen MR) is 46.0 cm³/mol. The van der Waals surface area contributed by atoms with Crippen LogP contribution in [0.3, 0.4) is 0 Å². The third-order valence-corrected chi connectivity index (χ3v) is 2.05. The van der Waals surface area contributed by atoms with Crippen LogP contribution in [0.15, 0.2) is 23.2 Å². The van der Waals surface area contributed by atoms with E-state index in [2.05, 4.69) is 4.98 Å². The van der Waals surface area contributed by atoms with Gasteiger partial charge in [-0.05, 0) is 34.7 Å². The molecule has 3 nitrogen and oxygen atoms in total. The molecule has 0 aromatic carbocycles. The zero-order valence-corrected chi connectivity index (χ0v) is 7.79. The first-order valence-corrected chi connectivity index (χ1v) is 4.62. The summed E-state index contributed by atoms with van der Waals surface area (Å²) in [5, 5.41) is 0.201. The van der Waals surface area contributed by atoms with Gasteiger partial charge in [-0.3, -0.25) is 0 Å². The Kier molecular flexibility index (Phi) is 2.75. The van der Waals surface area contributed by atoms with Crippen LogP contribution in [0.5, 0.6) is 0 Å². The highest BCUT2D eigenvalue weighted by Crippen LogP contribution is 2.04. The maximum atomic E-state index is 10.4. The van der Waals surface area contributed by atoms with Crippen molar-refractivity contribution < 1.29 is 8.76 Å². The summed E-state index contributed by atoms with van der Waals surface area (Å²) in [5.74, 6) is 0. The average molecular weight is 269 g/mol. The Hall–Kier alpha value is -0.0100. The zero-order chi connectivity index (χ0) is 7.56. The fourth-order valence-electron chi connectivity index (χ4n) is 0.487. The molecule has 0 aliphatic carbocycles. The van der Waals surface area contributed by atoms with Crippen LogP contribution in [0.4, 0.5) is 0 Å². The van der Waals surface area contributed by atoms with Crippen LogP contribution < -0.4 is 0 Å². The minimum atomic E-state index is -1.96. The standard InChI is InChI=1S/C5H4INO2S/c6-4-2-1-3-5(7-4)10(8)9/h1-3H,(H,8,9). The lowest BCUT2D eigenvalue weighted by atomic mass is 10.5. The van der Waals surface area contributed by atoms with Crippen molar-refractivity contribution in [2.45, 2.75) is 5.03 Å². The second-order valence-electron chi connectivity index (χ2n) is 1.55. The highest BCUT2D eigenvalue weighted by atomic mass is 127. The number of hydrogen-bond acceptors (Lipinski definition) is 2. The van der Waals surface area contributed by atoms with E-state index in [1.165, 1.54) is 6.07 Å². The monoisotopic (exact) mass is 269 g/mol. The van der Waals surface area contributed by atoms with E-state index in [-0.39, 0.29) is 5.03 Å². The van der Waals surface area contributed by atoms with Crippen LogP contribution in [0.2, 0.25) is 0 Å². The maximum absolute atomic E-state index is 10.4. The first kappa shape index (κ1) is 8.09. The molecule has 54 valence electrons. The lowest BCUT2D eigenvalue weighted by molar-refractivity contribution is 0.560. The van der Waals surface area contributed by atoms with Crippen LogP contribution in [0, 0.1) is 3.70 Å². The van der Waals surface area contributed by atoms with Gasteiger partial charge in [-0.25, -0.2) is 9.19 Å². The van der Waals surface area contributed by atoms with E-state index in [1.807, 2.05) is 22.6 Å². The number of halogens is 1. The van der Waals surface area contributed by atoms with Gasteiger partial charge in [0, 0.05) is 0 Å². The lowest BCUT2D eigenvalue weighted by Crippen LogP contribution is -1.93. The molecule has 1 aromatic rings. The van der Waals surface area contributed by atoms with Gasteiger partial charge in [0.1, 0.15) is 3.70 Å². The fraction of sp³-hybridized carbons (Fsp3) is 0. The minimum Gasteiger partial charge on any atom is -0.301 e. The molecule has 1 unspecified atom stereocenters. The molecule has 0 amide bonds. The summed E-state index contributed by atoms with van der Waals surface area (Å²) in [5.41, 5.74) is 0. The normalized spacial score (nSPS) is 13.0. The largest absolute Gasteiger partial charge is 0.301 e. The van der Waals surface area contributed by atoms with Crippen molar-refractivity contribution in [2.75, 3.05) is 0 Å². The Morgan fingerprint density at radius 3 is 2.70 bits per heavy atom.